The number of aromatic nitrogens is 3. The molecule has 0 bridgehead atoms. The fraction of sp³-hybridized carbons (Fsp3) is 0.333. The van der Waals surface area contributed by atoms with Crippen LogP contribution in [0, 0.1) is 18.6 Å². The van der Waals surface area contributed by atoms with Crippen LogP contribution in [0.1, 0.15) is 11.4 Å². The summed E-state index contributed by atoms with van der Waals surface area (Å²) in [6, 6.07) is 8.00. The van der Waals surface area contributed by atoms with Crippen LogP contribution in [0.2, 0.25) is 0 Å². The topological polar surface area (TPSA) is 42.8 Å². The second-order valence-corrected chi connectivity index (χ2v) is 4.28. The number of H-pyrrole nitrogens is 1. The van der Waals surface area contributed by atoms with Crippen molar-refractivity contribution in [2.75, 3.05) is 6.61 Å². The normalized spacial score (nSPS) is 10.5. The summed E-state index contributed by atoms with van der Waals surface area (Å²) in [5, 5.41) is 6.80. The van der Waals surface area contributed by atoms with Crippen molar-refractivity contribution < 1.29 is 4.74 Å². The van der Waals surface area contributed by atoms with E-state index < -0.39 is 0 Å². The van der Waals surface area contributed by atoms with Gasteiger partial charge in [-0.3, -0.25) is 5.10 Å². The van der Waals surface area contributed by atoms with Gasteiger partial charge in [-0.1, -0.05) is 12.1 Å². The predicted octanol–water partition coefficient (Wildman–Crippen LogP) is 2.64. The van der Waals surface area contributed by atoms with Crippen LogP contribution in [-0.2, 0) is 6.54 Å². The van der Waals surface area contributed by atoms with E-state index in [4.69, 9.17) is 17.0 Å². The van der Waals surface area contributed by atoms with Crippen LogP contribution in [0.4, 0.5) is 0 Å². The van der Waals surface area contributed by atoms with Crippen LogP contribution in [0.25, 0.3) is 0 Å². The third kappa shape index (κ3) is 2.94. The van der Waals surface area contributed by atoms with Gasteiger partial charge in [0.1, 0.15) is 18.2 Å². The maximum absolute atomic E-state index is 5.66. The van der Waals surface area contributed by atoms with E-state index in [0.29, 0.717) is 17.9 Å². The van der Waals surface area contributed by atoms with E-state index >= 15 is 0 Å². The van der Waals surface area contributed by atoms with E-state index in [1.165, 1.54) is 5.56 Å². The molecule has 1 heterocycles. The molecule has 0 spiro atoms. The quantitative estimate of drug-likeness (QED) is 0.847. The molecule has 1 aromatic heterocycles. The van der Waals surface area contributed by atoms with Crippen LogP contribution in [0.5, 0.6) is 5.75 Å². The first-order valence-electron chi connectivity index (χ1n) is 5.48. The Hall–Kier alpha value is -1.62. The van der Waals surface area contributed by atoms with Gasteiger partial charge in [-0.25, -0.2) is 0 Å². The zero-order valence-corrected chi connectivity index (χ0v) is 10.8. The van der Waals surface area contributed by atoms with Gasteiger partial charge in [0.2, 0.25) is 0 Å². The molecular formula is C12H15N3OS. The summed E-state index contributed by atoms with van der Waals surface area (Å²) in [6.07, 6.45) is 0. The summed E-state index contributed by atoms with van der Waals surface area (Å²) in [5.74, 6) is 1.76. The van der Waals surface area contributed by atoms with Crippen molar-refractivity contribution >= 4 is 12.2 Å². The monoisotopic (exact) mass is 249 g/mol. The highest BCUT2D eigenvalue weighted by atomic mass is 32.1. The zero-order chi connectivity index (χ0) is 12.3. The predicted molar refractivity (Wildman–Crippen MR) is 68.8 cm³/mol. The van der Waals surface area contributed by atoms with Crippen LogP contribution in [-0.4, -0.2) is 21.4 Å². The molecule has 90 valence electrons. The molecule has 17 heavy (non-hydrogen) atoms. The van der Waals surface area contributed by atoms with Crippen molar-refractivity contribution in [3.05, 3.63) is 40.4 Å². The SMILES string of the molecule is Cc1cccc(OCCn2c(C)n[nH]c2=S)c1. The third-order valence-corrected chi connectivity index (χ3v) is 2.83. The Morgan fingerprint density at radius 1 is 1.41 bits per heavy atom. The number of nitrogens with zero attached hydrogens (tertiary/aromatic N) is 2. The Bertz CT molecular complexity index is 559. The standard InChI is InChI=1S/C12H15N3OS/c1-9-4-3-5-11(8-9)16-7-6-15-10(2)13-14-12(15)17/h3-5,8H,6-7H2,1-2H3,(H,14,17). The Labute approximate surface area is 105 Å². The number of nitrogens with one attached hydrogen (secondary N) is 1. The zero-order valence-electron chi connectivity index (χ0n) is 9.93. The molecule has 0 atom stereocenters. The average molecular weight is 249 g/mol. The lowest BCUT2D eigenvalue weighted by atomic mass is 10.2. The molecule has 0 unspecified atom stereocenters. The van der Waals surface area contributed by atoms with Crippen molar-refractivity contribution in [2.45, 2.75) is 20.4 Å². The van der Waals surface area contributed by atoms with Crippen molar-refractivity contribution in [3.63, 3.8) is 0 Å². The number of ether oxygens (including phenoxy) is 1. The number of aryl methyl sites for hydroxylation is 2. The summed E-state index contributed by atoms with van der Waals surface area (Å²) in [6.45, 7) is 5.25. The first-order chi connectivity index (χ1) is 8.16. The lowest BCUT2D eigenvalue weighted by Crippen LogP contribution is -2.09. The molecular weight excluding hydrogens is 234 g/mol. The van der Waals surface area contributed by atoms with Gasteiger partial charge < -0.3 is 9.30 Å². The minimum atomic E-state index is 0.581. The van der Waals surface area contributed by atoms with E-state index in [1.54, 1.807) is 0 Å². The lowest BCUT2D eigenvalue weighted by molar-refractivity contribution is 0.296. The molecule has 0 amide bonds. The van der Waals surface area contributed by atoms with Crippen LogP contribution < -0.4 is 4.74 Å². The third-order valence-electron chi connectivity index (χ3n) is 2.52. The second kappa shape index (κ2) is 5.14. The first kappa shape index (κ1) is 11.9. The van der Waals surface area contributed by atoms with Crippen LogP contribution >= 0.6 is 12.2 Å². The van der Waals surface area contributed by atoms with E-state index in [9.17, 15) is 0 Å². The average Bonchev–Trinajstić information content (AvgIpc) is 2.61. The van der Waals surface area contributed by atoms with Crippen molar-refractivity contribution in [1.82, 2.24) is 14.8 Å². The smallest absolute Gasteiger partial charge is 0.195 e. The minimum Gasteiger partial charge on any atom is -0.492 e. The van der Waals surface area contributed by atoms with Gasteiger partial charge in [-0.05, 0) is 43.8 Å². The van der Waals surface area contributed by atoms with Gasteiger partial charge in [0.15, 0.2) is 4.77 Å². The highest BCUT2D eigenvalue weighted by Crippen LogP contribution is 2.12. The van der Waals surface area contributed by atoms with Gasteiger partial charge in [-0.2, -0.15) is 5.10 Å². The Kier molecular flexibility index (Phi) is 3.58. The summed E-state index contributed by atoms with van der Waals surface area (Å²) < 4.78 is 8.22. The number of aromatic amines is 1. The fourth-order valence-electron chi connectivity index (χ4n) is 1.62. The lowest BCUT2D eigenvalue weighted by Gasteiger charge is -2.07. The van der Waals surface area contributed by atoms with E-state index in [1.807, 2.05) is 42.7 Å². The van der Waals surface area contributed by atoms with Gasteiger partial charge in [-0.15, -0.1) is 0 Å². The minimum absolute atomic E-state index is 0.581. The fourth-order valence-corrected chi connectivity index (χ4v) is 1.89. The molecule has 4 nitrogen and oxygen atoms in total. The summed E-state index contributed by atoms with van der Waals surface area (Å²) in [5.41, 5.74) is 1.19. The molecule has 0 aliphatic carbocycles. The van der Waals surface area contributed by atoms with Crippen LogP contribution in [0.15, 0.2) is 24.3 Å². The number of benzene rings is 1. The molecule has 0 radical (unpaired) electrons. The maximum atomic E-state index is 5.66. The molecule has 2 rings (SSSR count). The molecule has 1 aromatic carbocycles. The van der Waals surface area contributed by atoms with Crippen molar-refractivity contribution in [3.8, 4) is 5.75 Å². The van der Waals surface area contributed by atoms with E-state index in [2.05, 4.69) is 10.2 Å². The molecule has 0 saturated heterocycles. The van der Waals surface area contributed by atoms with Crippen molar-refractivity contribution in [1.29, 1.82) is 0 Å². The highest BCUT2D eigenvalue weighted by Gasteiger charge is 2.00. The van der Waals surface area contributed by atoms with Gasteiger partial charge >= 0.3 is 0 Å². The largest absolute Gasteiger partial charge is 0.492 e. The maximum Gasteiger partial charge on any atom is 0.195 e. The molecule has 0 aliphatic rings. The number of hydrogen-bond donors (Lipinski definition) is 1. The Balaban J connectivity index is 1.94. The Morgan fingerprint density at radius 2 is 2.24 bits per heavy atom. The van der Waals surface area contributed by atoms with Gasteiger partial charge in [0.25, 0.3) is 0 Å². The van der Waals surface area contributed by atoms with Crippen molar-refractivity contribution in [2.24, 2.45) is 0 Å². The summed E-state index contributed by atoms with van der Waals surface area (Å²) in [7, 11) is 0. The van der Waals surface area contributed by atoms with Gasteiger partial charge in [0, 0.05) is 0 Å². The second-order valence-electron chi connectivity index (χ2n) is 3.89. The highest BCUT2D eigenvalue weighted by molar-refractivity contribution is 7.71. The number of hydrogen-bond acceptors (Lipinski definition) is 3. The molecule has 5 heteroatoms. The molecule has 0 aliphatic heterocycles. The van der Waals surface area contributed by atoms with Crippen LogP contribution in [0.3, 0.4) is 0 Å². The molecule has 0 fully saturated rings. The Morgan fingerprint density at radius 3 is 2.88 bits per heavy atom. The number of rotatable bonds is 4. The summed E-state index contributed by atoms with van der Waals surface area (Å²) >= 11 is 5.11. The summed E-state index contributed by atoms with van der Waals surface area (Å²) in [4.78, 5) is 0. The first-order valence-corrected chi connectivity index (χ1v) is 5.89. The van der Waals surface area contributed by atoms with E-state index in [0.717, 1.165) is 11.6 Å². The van der Waals surface area contributed by atoms with Gasteiger partial charge in [0.05, 0.1) is 6.54 Å². The van der Waals surface area contributed by atoms with E-state index in [-0.39, 0.29) is 0 Å². The molecule has 1 N–H and O–H groups in total. The molecule has 0 saturated carbocycles. The molecule has 2 aromatic rings.